The van der Waals surface area contributed by atoms with Gasteiger partial charge >= 0.3 is 5.97 Å². The van der Waals surface area contributed by atoms with E-state index < -0.39 is 5.97 Å². The van der Waals surface area contributed by atoms with Gasteiger partial charge in [-0.3, -0.25) is 9.59 Å². The molecule has 2 rings (SSSR count). The van der Waals surface area contributed by atoms with Crippen LogP contribution in [-0.4, -0.2) is 40.0 Å². The van der Waals surface area contributed by atoms with Crippen LogP contribution in [0.5, 0.6) is 0 Å². The van der Waals surface area contributed by atoms with Crippen molar-refractivity contribution in [1.82, 2.24) is 9.88 Å². The molecule has 0 aromatic carbocycles. The number of carbonyl (C=O) groups is 2. The summed E-state index contributed by atoms with van der Waals surface area (Å²) in [5, 5.41) is 11.6. The summed E-state index contributed by atoms with van der Waals surface area (Å²) >= 11 is 1.56. The Balaban J connectivity index is 1.86. The Morgan fingerprint density at radius 1 is 1.57 bits per heavy atom. The summed E-state index contributed by atoms with van der Waals surface area (Å²) in [6.45, 7) is 3.34. The zero-order chi connectivity index (χ0) is 15.2. The molecule has 1 fully saturated rings. The number of carbonyl (C=O) groups excluding carboxylic acids is 1. The van der Waals surface area contributed by atoms with Gasteiger partial charge in [0.05, 0.1) is 10.7 Å². The van der Waals surface area contributed by atoms with Crippen molar-refractivity contribution >= 4 is 29.3 Å². The number of carboxylic acids is 1. The quantitative estimate of drug-likeness (QED) is 0.849. The molecule has 6 heteroatoms. The highest BCUT2D eigenvalue weighted by Gasteiger charge is 2.22. The molecule has 5 nitrogen and oxygen atoms in total. The summed E-state index contributed by atoms with van der Waals surface area (Å²) in [5.41, 5.74) is 0.810. The lowest BCUT2D eigenvalue weighted by molar-refractivity contribution is -0.137. The predicted molar refractivity (Wildman–Crippen MR) is 82.1 cm³/mol. The third-order valence-electron chi connectivity index (χ3n) is 3.63. The number of hydrogen-bond acceptors (Lipinski definition) is 4. The second-order valence-corrected chi connectivity index (χ2v) is 6.41. The molecule has 21 heavy (non-hydrogen) atoms. The van der Waals surface area contributed by atoms with Crippen LogP contribution in [0, 0.1) is 12.8 Å². The standard InChI is InChI=1S/C15H20N2O3S/c1-11-16-13(10-21-11)5-6-14(18)17-8-2-3-12(9-17)4-7-15(19)20/h5-6,10,12H,2-4,7-9H2,1H3,(H,19,20)/b6-5-/t12-/m1/s1. The van der Waals surface area contributed by atoms with E-state index in [1.54, 1.807) is 23.5 Å². The third kappa shape index (κ3) is 4.97. The molecule has 0 spiro atoms. The van der Waals surface area contributed by atoms with E-state index in [2.05, 4.69) is 4.98 Å². The summed E-state index contributed by atoms with van der Waals surface area (Å²) < 4.78 is 0. The van der Waals surface area contributed by atoms with E-state index in [-0.39, 0.29) is 12.3 Å². The van der Waals surface area contributed by atoms with Crippen molar-refractivity contribution < 1.29 is 14.7 Å². The number of rotatable bonds is 5. The van der Waals surface area contributed by atoms with Gasteiger partial charge in [-0.15, -0.1) is 11.3 Å². The molecular weight excluding hydrogens is 288 g/mol. The van der Waals surface area contributed by atoms with Crippen molar-refractivity contribution in [3.63, 3.8) is 0 Å². The van der Waals surface area contributed by atoms with E-state index in [1.165, 1.54) is 0 Å². The van der Waals surface area contributed by atoms with Crippen LogP contribution in [0.1, 0.15) is 36.4 Å². The fourth-order valence-corrected chi connectivity index (χ4v) is 3.13. The molecule has 1 aromatic rings. The fourth-order valence-electron chi connectivity index (χ4n) is 2.55. The van der Waals surface area contributed by atoms with Crippen LogP contribution < -0.4 is 0 Å². The average molecular weight is 308 g/mol. The number of aryl methyl sites for hydroxylation is 1. The van der Waals surface area contributed by atoms with Gasteiger partial charge in [0.2, 0.25) is 5.91 Å². The minimum atomic E-state index is -0.766. The first kappa shape index (κ1) is 15.7. The van der Waals surface area contributed by atoms with Crippen LogP contribution in [0.15, 0.2) is 11.5 Å². The van der Waals surface area contributed by atoms with Gasteiger partial charge in [0, 0.05) is 31.0 Å². The Kier molecular flexibility index (Phi) is 5.50. The molecule has 1 atom stereocenters. The van der Waals surface area contributed by atoms with Gasteiger partial charge in [-0.05, 0) is 38.2 Å². The molecule has 1 aromatic heterocycles. The number of amides is 1. The normalized spacial score (nSPS) is 19.1. The van der Waals surface area contributed by atoms with E-state index in [4.69, 9.17) is 5.11 Å². The minimum absolute atomic E-state index is 0.0133. The van der Waals surface area contributed by atoms with Gasteiger partial charge in [0.25, 0.3) is 0 Å². The molecule has 1 saturated heterocycles. The highest BCUT2D eigenvalue weighted by atomic mass is 32.1. The molecule has 0 aliphatic carbocycles. The first-order valence-corrected chi connectivity index (χ1v) is 8.03. The van der Waals surface area contributed by atoms with Crippen LogP contribution in [-0.2, 0) is 9.59 Å². The second-order valence-electron chi connectivity index (χ2n) is 5.35. The van der Waals surface area contributed by atoms with Gasteiger partial charge in [-0.25, -0.2) is 4.98 Å². The maximum absolute atomic E-state index is 12.2. The topological polar surface area (TPSA) is 70.5 Å². The number of thiazole rings is 1. The first-order valence-electron chi connectivity index (χ1n) is 7.15. The van der Waals surface area contributed by atoms with Crippen LogP contribution in [0.2, 0.25) is 0 Å². The van der Waals surface area contributed by atoms with Crippen LogP contribution in [0.25, 0.3) is 6.08 Å². The van der Waals surface area contributed by atoms with Gasteiger partial charge in [0.1, 0.15) is 0 Å². The molecule has 114 valence electrons. The van der Waals surface area contributed by atoms with Gasteiger partial charge in [-0.1, -0.05) is 0 Å². The smallest absolute Gasteiger partial charge is 0.303 e. The van der Waals surface area contributed by atoms with Crippen molar-refractivity contribution in [1.29, 1.82) is 0 Å². The fraction of sp³-hybridized carbons (Fsp3) is 0.533. The van der Waals surface area contributed by atoms with E-state index >= 15 is 0 Å². The largest absolute Gasteiger partial charge is 0.481 e. The number of hydrogen-bond donors (Lipinski definition) is 1. The molecule has 1 aliphatic rings. The summed E-state index contributed by atoms with van der Waals surface area (Å²) in [7, 11) is 0. The first-order chi connectivity index (χ1) is 10.0. The van der Waals surface area contributed by atoms with Crippen molar-refractivity contribution in [2.75, 3.05) is 13.1 Å². The van der Waals surface area contributed by atoms with Gasteiger partial charge < -0.3 is 10.0 Å². The van der Waals surface area contributed by atoms with Crippen molar-refractivity contribution in [3.05, 3.63) is 22.2 Å². The number of likely N-dealkylation sites (tertiary alicyclic amines) is 1. The number of nitrogens with zero attached hydrogens (tertiary/aromatic N) is 2. The molecule has 0 unspecified atom stereocenters. The van der Waals surface area contributed by atoms with Crippen LogP contribution in [0.3, 0.4) is 0 Å². The summed E-state index contributed by atoms with van der Waals surface area (Å²) in [6, 6.07) is 0. The van der Waals surface area contributed by atoms with E-state index in [0.717, 1.165) is 30.1 Å². The average Bonchev–Trinajstić information content (AvgIpc) is 2.88. The SMILES string of the molecule is Cc1nc(/C=C\C(=O)N2CCC[C@H](CCC(=O)O)C2)cs1. The number of piperidine rings is 1. The third-order valence-corrected chi connectivity index (χ3v) is 4.42. The molecule has 1 amide bonds. The molecule has 0 radical (unpaired) electrons. The molecular formula is C15H20N2O3S. The Labute approximate surface area is 128 Å². The summed E-state index contributed by atoms with van der Waals surface area (Å²) in [5.74, 6) is -0.480. The molecule has 0 bridgehead atoms. The Bertz CT molecular complexity index is 539. The Hall–Kier alpha value is -1.69. The second kappa shape index (κ2) is 7.36. The number of carboxylic acid groups (broad SMARTS) is 1. The van der Waals surface area contributed by atoms with E-state index in [0.29, 0.717) is 18.9 Å². The lowest BCUT2D eigenvalue weighted by Gasteiger charge is -2.31. The van der Waals surface area contributed by atoms with Crippen LogP contribution in [0.4, 0.5) is 0 Å². The van der Waals surface area contributed by atoms with Gasteiger partial charge in [0.15, 0.2) is 0 Å². The highest BCUT2D eigenvalue weighted by Crippen LogP contribution is 2.21. The Morgan fingerprint density at radius 3 is 3.05 bits per heavy atom. The maximum Gasteiger partial charge on any atom is 0.303 e. The van der Waals surface area contributed by atoms with Crippen molar-refractivity contribution in [2.45, 2.75) is 32.6 Å². The maximum atomic E-state index is 12.2. The zero-order valence-electron chi connectivity index (χ0n) is 12.1. The zero-order valence-corrected chi connectivity index (χ0v) is 12.9. The highest BCUT2D eigenvalue weighted by molar-refractivity contribution is 7.09. The molecule has 0 saturated carbocycles. The van der Waals surface area contributed by atoms with Crippen molar-refractivity contribution in [2.24, 2.45) is 5.92 Å². The monoisotopic (exact) mass is 308 g/mol. The lowest BCUT2D eigenvalue weighted by atomic mass is 9.93. The summed E-state index contributed by atoms with van der Waals surface area (Å²) in [6.07, 6.45) is 6.08. The number of aliphatic carboxylic acids is 1. The molecule has 2 heterocycles. The van der Waals surface area contributed by atoms with E-state index in [9.17, 15) is 9.59 Å². The molecule has 1 N–H and O–H groups in total. The molecule has 1 aliphatic heterocycles. The number of aromatic nitrogens is 1. The minimum Gasteiger partial charge on any atom is -0.481 e. The predicted octanol–water partition coefficient (Wildman–Crippen LogP) is 2.57. The summed E-state index contributed by atoms with van der Waals surface area (Å²) in [4.78, 5) is 28.9. The van der Waals surface area contributed by atoms with E-state index in [1.807, 2.05) is 17.2 Å². The van der Waals surface area contributed by atoms with Crippen LogP contribution >= 0.6 is 11.3 Å². The van der Waals surface area contributed by atoms with Crippen molar-refractivity contribution in [3.8, 4) is 0 Å². The van der Waals surface area contributed by atoms with Gasteiger partial charge in [-0.2, -0.15) is 0 Å². The Morgan fingerprint density at radius 2 is 2.38 bits per heavy atom. The lowest BCUT2D eigenvalue weighted by Crippen LogP contribution is -2.39.